The first-order chi connectivity index (χ1) is 9.50. The van der Waals surface area contributed by atoms with Crippen molar-refractivity contribution in [2.45, 2.75) is 18.7 Å². The third kappa shape index (κ3) is 3.21. The summed E-state index contributed by atoms with van der Waals surface area (Å²) in [6.07, 6.45) is 3.21. The maximum absolute atomic E-state index is 12.0. The average molecular weight is 290 g/mol. The van der Waals surface area contributed by atoms with E-state index in [1.807, 2.05) is 0 Å². The number of pyridine rings is 1. The van der Waals surface area contributed by atoms with Gasteiger partial charge in [-0.1, -0.05) is 23.4 Å². The van der Waals surface area contributed by atoms with E-state index in [1.54, 1.807) is 56.6 Å². The molecule has 0 aliphatic rings. The summed E-state index contributed by atoms with van der Waals surface area (Å²) in [6, 6.07) is 10.1. The van der Waals surface area contributed by atoms with Crippen LogP contribution in [0.4, 0.5) is 0 Å². The lowest BCUT2D eigenvalue weighted by Crippen LogP contribution is -2.06. The number of aromatic nitrogens is 1. The van der Waals surface area contributed by atoms with Crippen LogP contribution in [-0.4, -0.2) is 19.1 Å². The van der Waals surface area contributed by atoms with Crippen LogP contribution in [0.25, 0.3) is 0 Å². The largest absolute Gasteiger partial charge is 0.358 e. The third-order valence-corrected chi connectivity index (χ3v) is 3.98. The highest BCUT2D eigenvalue weighted by Gasteiger charge is 2.18. The Hall–Kier alpha value is -2.21. The SMILES string of the molecule is CC(=NOS(=O)(=O)c1ccccc1C)c1cccnc1. The molecule has 0 aliphatic carbocycles. The van der Waals surface area contributed by atoms with Gasteiger partial charge in [0, 0.05) is 18.0 Å². The van der Waals surface area contributed by atoms with Crippen LogP contribution in [0, 0.1) is 6.92 Å². The molecule has 0 radical (unpaired) electrons. The first kappa shape index (κ1) is 14.2. The Kier molecular flexibility index (Phi) is 4.14. The fraction of sp³-hybridized carbons (Fsp3) is 0.143. The Labute approximate surface area is 118 Å². The standard InChI is InChI=1S/C14H14N2O3S/c1-11-6-3-4-8-14(11)20(17,18)19-16-12(2)13-7-5-9-15-10-13/h3-10H,1-2H3. The van der Waals surface area contributed by atoms with Crippen molar-refractivity contribution in [2.24, 2.45) is 5.16 Å². The number of hydrogen-bond acceptors (Lipinski definition) is 5. The number of nitrogens with zero attached hydrogens (tertiary/aromatic N) is 2. The minimum atomic E-state index is -3.90. The molecule has 0 saturated heterocycles. The van der Waals surface area contributed by atoms with Gasteiger partial charge in [-0.05, 0) is 37.6 Å². The van der Waals surface area contributed by atoms with Gasteiger partial charge < -0.3 is 0 Å². The van der Waals surface area contributed by atoms with Gasteiger partial charge in [0.25, 0.3) is 0 Å². The van der Waals surface area contributed by atoms with Gasteiger partial charge in [0.2, 0.25) is 0 Å². The van der Waals surface area contributed by atoms with Gasteiger partial charge in [-0.2, -0.15) is 8.42 Å². The number of aryl methyl sites for hydroxylation is 1. The second-order valence-electron chi connectivity index (χ2n) is 4.21. The van der Waals surface area contributed by atoms with E-state index < -0.39 is 10.1 Å². The lowest BCUT2D eigenvalue weighted by molar-refractivity contribution is 0.338. The minimum absolute atomic E-state index is 0.114. The molecule has 2 aromatic rings. The maximum atomic E-state index is 12.0. The molecule has 6 heteroatoms. The zero-order valence-corrected chi connectivity index (χ0v) is 12.0. The van der Waals surface area contributed by atoms with E-state index in [1.165, 1.54) is 6.07 Å². The van der Waals surface area contributed by atoms with Gasteiger partial charge in [0.15, 0.2) is 0 Å². The normalized spacial score (nSPS) is 12.2. The summed E-state index contributed by atoms with van der Waals surface area (Å²) in [5.74, 6) is 0. The lowest BCUT2D eigenvalue weighted by Gasteiger charge is -2.05. The molecule has 0 fully saturated rings. The zero-order chi connectivity index (χ0) is 14.6. The zero-order valence-electron chi connectivity index (χ0n) is 11.1. The first-order valence-electron chi connectivity index (χ1n) is 5.95. The van der Waals surface area contributed by atoms with Crippen molar-refractivity contribution < 1.29 is 12.7 Å². The Morgan fingerprint density at radius 2 is 1.95 bits per heavy atom. The summed E-state index contributed by atoms with van der Waals surface area (Å²) in [4.78, 5) is 4.05. The molecule has 1 heterocycles. The van der Waals surface area contributed by atoms with Crippen molar-refractivity contribution in [3.05, 3.63) is 59.9 Å². The van der Waals surface area contributed by atoms with Crippen molar-refractivity contribution in [1.82, 2.24) is 4.98 Å². The van der Waals surface area contributed by atoms with Gasteiger partial charge in [0.05, 0.1) is 5.71 Å². The number of hydrogen-bond donors (Lipinski definition) is 0. The van der Waals surface area contributed by atoms with Gasteiger partial charge >= 0.3 is 10.1 Å². The smallest absolute Gasteiger partial charge is 0.264 e. The molecule has 104 valence electrons. The number of rotatable bonds is 4. The number of benzene rings is 1. The van der Waals surface area contributed by atoms with E-state index in [0.717, 1.165) is 0 Å². The molecule has 0 amide bonds. The van der Waals surface area contributed by atoms with Crippen LogP contribution >= 0.6 is 0 Å². The molecular formula is C14H14N2O3S. The van der Waals surface area contributed by atoms with E-state index in [0.29, 0.717) is 16.8 Å². The Morgan fingerprint density at radius 3 is 2.60 bits per heavy atom. The Bertz CT molecular complexity index is 725. The van der Waals surface area contributed by atoms with Crippen LogP contribution in [-0.2, 0) is 14.4 Å². The van der Waals surface area contributed by atoms with E-state index in [9.17, 15) is 8.42 Å². The Balaban J connectivity index is 2.24. The topological polar surface area (TPSA) is 68.6 Å². The van der Waals surface area contributed by atoms with E-state index >= 15 is 0 Å². The van der Waals surface area contributed by atoms with Gasteiger partial charge in [-0.15, -0.1) is 0 Å². The molecular weight excluding hydrogens is 276 g/mol. The summed E-state index contributed by atoms with van der Waals surface area (Å²) in [5.41, 5.74) is 1.75. The summed E-state index contributed by atoms with van der Waals surface area (Å²) in [6.45, 7) is 3.36. The van der Waals surface area contributed by atoms with Crippen molar-refractivity contribution >= 4 is 15.8 Å². The second kappa shape index (κ2) is 5.83. The second-order valence-corrected chi connectivity index (χ2v) is 5.71. The molecule has 0 aliphatic heterocycles. The van der Waals surface area contributed by atoms with Crippen LogP contribution in [0.15, 0.2) is 58.8 Å². The van der Waals surface area contributed by atoms with Crippen molar-refractivity contribution in [3.8, 4) is 0 Å². The molecule has 20 heavy (non-hydrogen) atoms. The van der Waals surface area contributed by atoms with Crippen molar-refractivity contribution in [2.75, 3.05) is 0 Å². The van der Waals surface area contributed by atoms with E-state index in [-0.39, 0.29) is 4.90 Å². The van der Waals surface area contributed by atoms with Crippen LogP contribution < -0.4 is 0 Å². The highest BCUT2D eigenvalue weighted by molar-refractivity contribution is 7.86. The van der Waals surface area contributed by atoms with Gasteiger partial charge in [-0.3, -0.25) is 9.27 Å². The fourth-order valence-corrected chi connectivity index (χ4v) is 2.61. The molecule has 0 atom stereocenters. The predicted molar refractivity (Wildman–Crippen MR) is 75.9 cm³/mol. The summed E-state index contributed by atoms with van der Waals surface area (Å²) in [7, 11) is -3.90. The van der Waals surface area contributed by atoms with Crippen molar-refractivity contribution in [1.29, 1.82) is 0 Å². The van der Waals surface area contributed by atoms with Crippen LogP contribution in [0.1, 0.15) is 18.1 Å². The molecule has 1 aromatic carbocycles. The molecule has 0 bridgehead atoms. The molecule has 0 spiro atoms. The molecule has 0 unspecified atom stereocenters. The van der Waals surface area contributed by atoms with Gasteiger partial charge in [-0.25, -0.2) is 0 Å². The third-order valence-electron chi connectivity index (χ3n) is 2.71. The first-order valence-corrected chi connectivity index (χ1v) is 7.36. The van der Waals surface area contributed by atoms with Crippen molar-refractivity contribution in [3.63, 3.8) is 0 Å². The molecule has 0 N–H and O–H groups in total. The minimum Gasteiger partial charge on any atom is -0.264 e. The lowest BCUT2D eigenvalue weighted by atomic mass is 10.2. The van der Waals surface area contributed by atoms with Crippen LogP contribution in [0.5, 0.6) is 0 Å². The van der Waals surface area contributed by atoms with Crippen LogP contribution in [0.3, 0.4) is 0 Å². The summed E-state index contributed by atoms with van der Waals surface area (Å²) in [5, 5.41) is 3.67. The highest BCUT2D eigenvalue weighted by Crippen LogP contribution is 2.17. The average Bonchev–Trinajstić information content (AvgIpc) is 2.46. The molecule has 0 saturated carbocycles. The Morgan fingerprint density at radius 1 is 1.20 bits per heavy atom. The van der Waals surface area contributed by atoms with Gasteiger partial charge in [0.1, 0.15) is 4.90 Å². The van der Waals surface area contributed by atoms with E-state index in [4.69, 9.17) is 4.28 Å². The summed E-state index contributed by atoms with van der Waals surface area (Å²) >= 11 is 0. The summed E-state index contributed by atoms with van der Waals surface area (Å²) < 4.78 is 28.8. The highest BCUT2D eigenvalue weighted by atomic mass is 32.2. The monoisotopic (exact) mass is 290 g/mol. The molecule has 1 aromatic heterocycles. The molecule has 5 nitrogen and oxygen atoms in total. The quantitative estimate of drug-likeness (QED) is 0.641. The van der Waals surface area contributed by atoms with E-state index in [2.05, 4.69) is 10.1 Å². The predicted octanol–water partition coefficient (Wildman–Crippen LogP) is 2.52. The van der Waals surface area contributed by atoms with Crippen LogP contribution in [0.2, 0.25) is 0 Å². The molecule has 2 rings (SSSR count). The number of oxime groups is 1. The fourth-order valence-electron chi connectivity index (χ4n) is 1.61. The maximum Gasteiger partial charge on any atom is 0.358 e.